The number of H-pyrrole nitrogens is 1. The van der Waals surface area contributed by atoms with Crippen LogP contribution in [0.3, 0.4) is 0 Å². The number of carboxylic acids is 1. The molecule has 0 aliphatic heterocycles. The molecule has 1 aromatic carbocycles. The zero-order valence-corrected chi connectivity index (χ0v) is 13.0. The van der Waals surface area contributed by atoms with Gasteiger partial charge in [0, 0.05) is 5.56 Å². The van der Waals surface area contributed by atoms with Crippen molar-refractivity contribution in [3.05, 3.63) is 36.2 Å². The van der Waals surface area contributed by atoms with Gasteiger partial charge in [0.1, 0.15) is 5.82 Å². The van der Waals surface area contributed by atoms with E-state index in [-0.39, 0.29) is 6.54 Å². The van der Waals surface area contributed by atoms with Gasteiger partial charge in [-0.1, -0.05) is 30.3 Å². The standard InChI is InChI=1S/C14H16N4O4S/c19-14(20)10-6-7-11(10)23(21,22)15-8-12-16-13(18-17-12)9-4-2-1-3-5-9/h1-5,10-11,15H,6-8H2,(H,19,20)(H,16,17,18). The molecule has 0 spiro atoms. The van der Waals surface area contributed by atoms with Crippen LogP contribution in [0.25, 0.3) is 11.4 Å². The van der Waals surface area contributed by atoms with Crippen LogP contribution in [0.1, 0.15) is 18.7 Å². The van der Waals surface area contributed by atoms with Crippen molar-refractivity contribution in [2.75, 3.05) is 0 Å². The quantitative estimate of drug-likeness (QED) is 0.715. The van der Waals surface area contributed by atoms with E-state index >= 15 is 0 Å². The number of aliphatic carboxylic acids is 1. The first kappa shape index (κ1) is 15.6. The highest BCUT2D eigenvalue weighted by molar-refractivity contribution is 7.90. The van der Waals surface area contributed by atoms with Crippen LogP contribution in [0.4, 0.5) is 0 Å². The molecule has 0 radical (unpaired) electrons. The Kier molecular flexibility index (Phi) is 4.14. The van der Waals surface area contributed by atoms with Crippen LogP contribution < -0.4 is 4.72 Å². The Morgan fingerprint density at radius 1 is 1.30 bits per heavy atom. The maximum atomic E-state index is 12.1. The van der Waals surface area contributed by atoms with E-state index in [0.29, 0.717) is 24.5 Å². The largest absolute Gasteiger partial charge is 0.481 e. The maximum absolute atomic E-state index is 12.1. The minimum atomic E-state index is -3.69. The average molecular weight is 336 g/mol. The fourth-order valence-electron chi connectivity index (χ4n) is 2.49. The number of nitrogens with one attached hydrogen (secondary N) is 2. The van der Waals surface area contributed by atoms with Gasteiger partial charge in [-0.25, -0.2) is 18.1 Å². The number of aromatic nitrogens is 3. The van der Waals surface area contributed by atoms with Crippen molar-refractivity contribution in [3.8, 4) is 11.4 Å². The number of aromatic amines is 1. The van der Waals surface area contributed by atoms with E-state index < -0.39 is 27.2 Å². The van der Waals surface area contributed by atoms with Crippen LogP contribution in [0, 0.1) is 5.92 Å². The van der Waals surface area contributed by atoms with Crippen molar-refractivity contribution in [3.63, 3.8) is 0 Å². The third kappa shape index (κ3) is 3.25. The molecule has 0 bridgehead atoms. The van der Waals surface area contributed by atoms with Gasteiger partial charge in [-0.15, -0.1) is 0 Å². The second-order valence-corrected chi connectivity index (χ2v) is 7.38. The molecule has 1 saturated carbocycles. The monoisotopic (exact) mass is 336 g/mol. The number of nitrogens with zero attached hydrogens (tertiary/aromatic N) is 2. The van der Waals surface area contributed by atoms with Gasteiger partial charge in [-0.2, -0.15) is 5.10 Å². The van der Waals surface area contributed by atoms with Crippen molar-refractivity contribution >= 4 is 16.0 Å². The summed E-state index contributed by atoms with van der Waals surface area (Å²) < 4.78 is 26.7. The molecule has 0 amide bonds. The van der Waals surface area contributed by atoms with Gasteiger partial charge in [0.2, 0.25) is 10.0 Å². The minimum absolute atomic E-state index is 0.0506. The van der Waals surface area contributed by atoms with Gasteiger partial charge in [0.05, 0.1) is 17.7 Å². The highest BCUT2D eigenvalue weighted by Crippen LogP contribution is 2.33. The van der Waals surface area contributed by atoms with E-state index in [0.717, 1.165) is 5.56 Å². The molecular weight excluding hydrogens is 320 g/mol. The van der Waals surface area contributed by atoms with Crippen molar-refractivity contribution in [1.29, 1.82) is 0 Å². The summed E-state index contributed by atoms with van der Waals surface area (Å²) in [5.41, 5.74) is 0.822. The molecule has 1 heterocycles. The first-order valence-electron chi connectivity index (χ1n) is 7.15. The third-order valence-electron chi connectivity index (χ3n) is 3.93. The lowest BCUT2D eigenvalue weighted by molar-refractivity contribution is -0.144. The van der Waals surface area contributed by atoms with E-state index in [9.17, 15) is 13.2 Å². The van der Waals surface area contributed by atoms with Crippen LogP contribution in [0.5, 0.6) is 0 Å². The molecule has 3 rings (SSSR count). The second-order valence-electron chi connectivity index (χ2n) is 5.40. The molecular formula is C14H16N4O4S. The number of hydrogen-bond acceptors (Lipinski definition) is 5. The Morgan fingerprint density at radius 2 is 2.04 bits per heavy atom. The van der Waals surface area contributed by atoms with Crippen molar-refractivity contribution < 1.29 is 18.3 Å². The molecule has 1 aliphatic carbocycles. The molecule has 2 aromatic rings. The van der Waals surface area contributed by atoms with Crippen molar-refractivity contribution in [1.82, 2.24) is 19.9 Å². The zero-order chi connectivity index (χ0) is 16.4. The number of benzene rings is 1. The predicted octanol–water partition coefficient (Wildman–Crippen LogP) is 0.754. The first-order valence-corrected chi connectivity index (χ1v) is 8.70. The van der Waals surface area contributed by atoms with Crippen molar-refractivity contribution in [2.45, 2.75) is 24.6 Å². The first-order chi connectivity index (χ1) is 11.0. The fourth-order valence-corrected chi connectivity index (χ4v) is 4.17. The van der Waals surface area contributed by atoms with Gasteiger partial charge < -0.3 is 5.11 Å². The van der Waals surface area contributed by atoms with Gasteiger partial charge in [-0.05, 0) is 12.8 Å². The van der Waals surface area contributed by atoms with Crippen LogP contribution in [0.15, 0.2) is 30.3 Å². The Hall–Kier alpha value is -2.26. The third-order valence-corrected chi connectivity index (χ3v) is 5.84. The number of carbonyl (C=O) groups is 1. The molecule has 0 saturated heterocycles. The van der Waals surface area contributed by atoms with Gasteiger partial charge >= 0.3 is 5.97 Å². The van der Waals surface area contributed by atoms with Gasteiger partial charge in [0.15, 0.2) is 5.82 Å². The molecule has 23 heavy (non-hydrogen) atoms. The van der Waals surface area contributed by atoms with E-state index in [1.54, 1.807) is 0 Å². The molecule has 2 unspecified atom stereocenters. The fraction of sp³-hybridized carbons (Fsp3) is 0.357. The van der Waals surface area contributed by atoms with Crippen LogP contribution in [0.2, 0.25) is 0 Å². The van der Waals surface area contributed by atoms with Crippen molar-refractivity contribution in [2.24, 2.45) is 5.92 Å². The van der Waals surface area contributed by atoms with E-state index in [4.69, 9.17) is 5.11 Å². The van der Waals surface area contributed by atoms with Gasteiger partial charge in [-0.3, -0.25) is 9.89 Å². The number of hydrogen-bond donors (Lipinski definition) is 3. The van der Waals surface area contributed by atoms with E-state index in [1.165, 1.54) is 0 Å². The summed E-state index contributed by atoms with van der Waals surface area (Å²) in [7, 11) is -3.69. The molecule has 1 fully saturated rings. The molecule has 8 nitrogen and oxygen atoms in total. The Labute approximate surface area is 133 Å². The topological polar surface area (TPSA) is 125 Å². The summed E-state index contributed by atoms with van der Waals surface area (Å²) in [5.74, 6) is -1.05. The normalized spacial score (nSPS) is 20.9. The highest BCUT2D eigenvalue weighted by atomic mass is 32.2. The number of carboxylic acid groups (broad SMARTS) is 1. The summed E-state index contributed by atoms with van der Waals surface area (Å²) >= 11 is 0. The number of sulfonamides is 1. The Morgan fingerprint density at radius 3 is 2.65 bits per heavy atom. The average Bonchev–Trinajstić information content (AvgIpc) is 2.93. The summed E-state index contributed by atoms with van der Waals surface area (Å²) in [6.45, 7) is -0.0506. The van der Waals surface area contributed by atoms with Gasteiger partial charge in [0.25, 0.3) is 0 Å². The molecule has 1 aliphatic rings. The van der Waals surface area contributed by atoms with Crippen LogP contribution >= 0.6 is 0 Å². The zero-order valence-electron chi connectivity index (χ0n) is 12.1. The highest BCUT2D eigenvalue weighted by Gasteiger charge is 2.45. The lowest BCUT2D eigenvalue weighted by Crippen LogP contribution is -2.48. The molecule has 9 heteroatoms. The summed E-state index contributed by atoms with van der Waals surface area (Å²) in [5, 5.41) is 14.8. The molecule has 1 aromatic heterocycles. The lowest BCUT2D eigenvalue weighted by Gasteiger charge is -2.32. The molecule has 3 N–H and O–H groups in total. The predicted molar refractivity (Wildman–Crippen MR) is 81.7 cm³/mol. The molecule has 122 valence electrons. The SMILES string of the molecule is O=C(O)C1CCC1S(=O)(=O)NCc1nc(-c2ccccc2)n[nH]1. The van der Waals surface area contributed by atoms with Crippen LogP contribution in [-0.2, 0) is 21.4 Å². The lowest BCUT2D eigenvalue weighted by atomic mass is 9.85. The summed E-state index contributed by atoms with van der Waals surface area (Å²) in [6, 6.07) is 9.29. The summed E-state index contributed by atoms with van der Waals surface area (Å²) in [4.78, 5) is 15.2. The minimum Gasteiger partial charge on any atom is -0.481 e. The van der Waals surface area contributed by atoms with E-state index in [1.807, 2.05) is 30.3 Å². The second kappa shape index (κ2) is 6.09. The smallest absolute Gasteiger partial charge is 0.307 e. The number of rotatable bonds is 6. The maximum Gasteiger partial charge on any atom is 0.307 e. The van der Waals surface area contributed by atoms with E-state index in [2.05, 4.69) is 19.9 Å². The Bertz CT molecular complexity index is 803. The summed E-state index contributed by atoms with van der Waals surface area (Å²) in [6.07, 6.45) is 0.749. The van der Waals surface area contributed by atoms with Crippen LogP contribution in [-0.4, -0.2) is 39.9 Å². The molecule has 2 atom stereocenters. The Balaban J connectivity index is 1.65.